The van der Waals surface area contributed by atoms with Crippen molar-refractivity contribution in [3.8, 4) is 0 Å². The molecule has 3 nitrogen and oxygen atoms in total. The summed E-state index contributed by atoms with van der Waals surface area (Å²) in [5.41, 5.74) is 10.0. The molecule has 5 heteroatoms. The molecule has 0 aromatic heterocycles. The van der Waals surface area contributed by atoms with Crippen LogP contribution in [0.3, 0.4) is 0 Å². The monoisotopic (exact) mass is 305 g/mol. The van der Waals surface area contributed by atoms with Crippen LogP contribution < -0.4 is 16.2 Å². The molecule has 0 heterocycles. The molecular weight excluding hydrogens is 290 g/mol. The molecule has 0 aliphatic rings. The van der Waals surface area contributed by atoms with Gasteiger partial charge in [0.05, 0.1) is 5.69 Å². The molecule has 0 aliphatic heterocycles. The average molecular weight is 306 g/mol. The van der Waals surface area contributed by atoms with Crippen molar-refractivity contribution in [3.05, 3.63) is 58.6 Å². The normalized spacial score (nSPS) is 9.95. The molecule has 0 bridgehead atoms. The zero-order valence-corrected chi connectivity index (χ0v) is 12.9. The summed E-state index contributed by atoms with van der Waals surface area (Å²) in [7, 11) is 0. The second kappa shape index (κ2) is 6.59. The van der Waals surface area contributed by atoms with E-state index in [2.05, 4.69) is 16.2 Å². The molecule has 0 amide bonds. The largest absolute Gasteiger partial charge is 0.331 e. The smallest absolute Gasteiger partial charge is 0.189 e. The van der Waals surface area contributed by atoms with Gasteiger partial charge in [0.25, 0.3) is 0 Å². The Kier molecular flexibility index (Phi) is 4.82. The predicted molar refractivity (Wildman–Crippen MR) is 90.3 cm³/mol. The molecule has 2 aromatic carbocycles. The lowest BCUT2D eigenvalue weighted by Gasteiger charge is -2.15. The number of benzene rings is 2. The highest BCUT2D eigenvalue weighted by atomic mass is 35.5. The van der Waals surface area contributed by atoms with Gasteiger partial charge < -0.3 is 5.32 Å². The van der Waals surface area contributed by atoms with Crippen LogP contribution in [0.4, 0.5) is 11.4 Å². The van der Waals surface area contributed by atoms with E-state index >= 15 is 0 Å². The third-order valence-corrected chi connectivity index (χ3v) is 3.59. The van der Waals surface area contributed by atoms with E-state index < -0.39 is 0 Å². The highest BCUT2D eigenvalue weighted by molar-refractivity contribution is 7.80. The maximum absolute atomic E-state index is 6.07. The summed E-state index contributed by atoms with van der Waals surface area (Å²) < 4.78 is 0. The third-order valence-electron chi connectivity index (χ3n) is 2.97. The molecule has 0 saturated carbocycles. The highest BCUT2D eigenvalue weighted by Crippen LogP contribution is 2.22. The van der Waals surface area contributed by atoms with Crippen LogP contribution in [0.1, 0.15) is 11.1 Å². The summed E-state index contributed by atoms with van der Waals surface area (Å²) in [6.07, 6.45) is 0. The van der Waals surface area contributed by atoms with Crippen LogP contribution in [0.15, 0.2) is 42.5 Å². The summed E-state index contributed by atoms with van der Waals surface area (Å²) in [5, 5.41) is 4.31. The number of nitrogens with one attached hydrogen (secondary N) is 3. The molecule has 0 spiro atoms. The zero-order valence-electron chi connectivity index (χ0n) is 11.3. The van der Waals surface area contributed by atoms with E-state index in [-0.39, 0.29) is 0 Å². The van der Waals surface area contributed by atoms with Crippen LogP contribution in [-0.4, -0.2) is 5.11 Å². The lowest BCUT2D eigenvalue weighted by atomic mass is 10.2. The SMILES string of the molecule is Cc1ccccc1NNC(=S)Nc1cccc(Cl)c1C. The minimum atomic E-state index is 0.485. The van der Waals surface area contributed by atoms with E-state index in [9.17, 15) is 0 Å². The first kappa shape index (κ1) is 14.6. The van der Waals surface area contributed by atoms with E-state index in [0.717, 1.165) is 22.5 Å². The van der Waals surface area contributed by atoms with Gasteiger partial charge >= 0.3 is 0 Å². The Morgan fingerprint density at radius 2 is 1.70 bits per heavy atom. The Morgan fingerprint density at radius 1 is 1.00 bits per heavy atom. The molecule has 104 valence electrons. The van der Waals surface area contributed by atoms with Crippen LogP contribution in [0.2, 0.25) is 5.02 Å². The van der Waals surface area contributed by atoms with Crippen LogP contribution in [-0.2, 0) is 0 Å². The molecule has 0 aliphatic carbocycles. The van der Waals surface area contributed by atoms with Gasteiger partial charge in [-0.1, -0.05) is 35.9 Å². The molecule has 0 unspecified atom stereocenters. The van der Waals surface area contributed by atoms with Crippen molar-refractivity contribution >= 4 is 40.3 Å². The minimum Gasteiger partial charge on any atom is -0.331 e. The molecule has 3 N–H and O–H groups in total. The summed E-state index contributed by atoms with van der Waals surface area (Å²) in [5.74, 6) is 0. The number of hydrogen-bond acceptors (Lipinski definition) is 2. The van der Waals surface area contributed by atoms with Crippen molar-refractivity contribution in [2.75, 3.05) is 10.7 Å². The Bertz CT molecular complexity index is 628. The van der Waals surface area contributed by atoms with Crippen LogP contribution in [0, 0.1) is 13.8 Å². The zero-order chi connectivity index (χ0) is 14.5. The van der Waals surface area contributed by atoms with Crippen molar-refractivity contribution in [2.45, 2.75) is 13.8 Å². The molecular formula is C15H16ClN3S. The van der Waals surface area contributed by atoms with Gasteiger partial charge in [-0.2, -0.15) is 0 Å². The van der Waals surface area contributed by atoms with E-state index in [1.807, 2.05) is 56.3 Å². The molecule has 0 fully saturated rings. The van der Waals surface area contributed by atoms with Crippen LogP contribution >= 0.6 is 23.8 Å². The van der Waals surface area contributed by atoms with Gasteiger partial charge in [0.2, 0.25) is 0 Å². The number of hydrazine groups is 1. The standard InChI is InChI=1S/C15H16ClN3S/c1-10-6-3-4-8-13(10)18-19-15(20)17-14-9-5-7-12(16)11(14)2/h3-9,18H,1-2H3,(H2,17,19,20). The molecule has 2 aromatic rings. The maximum Gasteiger partial charge on any atom is 0.189 e. The summed E-state index contributed by atoms with van der Waals surface area (Å²) in [6, 6.07) is 13.6. The number of rotatable bonds is 3. The first-order valence-corrected chi connectivity index (χ1v) is 7.00. The third kappa shape index (κ3) is 3.62. The summed E-state index contributed by atoms with van der Waals surface area (Å²) in [4.78, 5) is 0. The van der Waals surface area contributed by atoms with Crippen LogP contribution in [0.5, 0.6) is 0 Å². The fourth-order valence-corrected chi connectivity index (χ4v) is 2.07. The van der Waals surface area contributed by atoms with E-state index in [4.69, 9.17) is 23.8 Å². The van der Waals surface area contributed by atoms with Gasteiger partial charge in [0, 0.05) is 10.7 Å². The second-order valence-electron chi connectivity index (χ2n) is 4.43. The highest BCUT2D eigenvalue weighted by Gasteiger charge is 2.04. The lowest BCUT2D eigenvalue weighted by Crippen LogP contribution is -2.33. The quantitative estimate of drug-likeness (QED) is 0.584. The fraction of sp³-hybridized carbons (Fsp3) is 0.133. The second-order valence-corrected chi connectivity index (χ2v) is 5.25. The Labute approximate surface area is 129 Å². The number of aryl methyl sites for hydroxylation is 1. The van der Waals surface area contributed by atoms with Crippen LogP contribution in [0.25, 0.3) is 0 Å². The van der Waals surface area contributed by atoms with Gasteiger partial charge in [0.1, 0.15) is 0 Å². The maximum atomic E-state index is 6.07. The number of thiocarbonyl (C=S) groups is 1. The first-order valence-electron chi connectivity index (χ1n) is 6.21. The van der Waals surface area contributed by atoms with Gasteiger partial charge in [0.15, 0.2) is 5.11 Å². The molecule has 2 rings (SSSR count). The van der Waals surface area contributed by atoms with Crippen molar-refractivity contribution in [3.63, 3.8) is 0 Å². The number of hydrogen-bond donors (Lipinski definition) is 3. The Morgan fingerprint density at radius 3 is 2.45 bits per heavy atom. The van der Waals surface area contributed by atoms with Gasteiger partial charge in [-0.05, 0) is 55.4 Å². The molecule has 0 atom stereocenters. The summed E-state index contributed by atoms with van der Waals surface area (Å²) >= 11 is 11.3. The first-order chi connectivity index (χ1) is 9.58. The van der Waals surface area contributed by atoms with Crippen molar-refractivity contribution in [1.29, 1.82) is 0 Å². The number of halogens is 1. The fourth-order valence-electron chi connectivity index (χ4n) is 1.73. The van der Waals surface area contributed by atoms with Crippen molar-refractivity contribution in [1.82, 2.24) is 5.43 Å². The minimum absolute atomic E-state index is 0.485. The molecule has 20 heavy (non-hydrogen) atoms. The van der Waals surface area contributed by atoms with Crippen molar-refractivity contribution < 1.29 is 0 Å². The number of anilines is 2. The molecule has 0 radical (unpaired) electrons. The lowest BCUT2D eigenvalue weighted by molar-refractivity contribution is 1.13. The predicted octanol–water partition coefficient (Wildman–Crippen LogP) is 4.27. The Hall–Kier alpha value is -1.78. The summed E-state index contributed by atoms with van der Waals surface area (Å²) in [6.45, 7) is 3.98. The molecule has 0 saturated heterocycles. The van der Waals surface area contributed by atoms with Gasteiger partial charge in [-0.3, -0.25) is 10.9 Å². The number of para-hydroxylation sites is 1. The topological polar surface area (TPSA) is 36.1 Å². The van der Waals surface area contributed by atoms with E-state index in [1.165, 1.54) is 0 Å². The van der Waals surface area contributed by atoms with Crippen molar-refractivity contribution in [2.24, 2.45) is 0 Å². The van der Waals surface area contributed by atoms with E-state index in [1.54, 1.807) is 0 Å². The van der Waals surface area contributed by atoms with Gasteiger partial charge in [-0.25, -0.2) is 0 Å². The Balaban J connectivity index is 1.96. The average Bonchev–Trinajstić information content (AvgIpc) is 2.43. The van der Waals surface area contributed by atoms with E-state index in [0.29, 0.717) is 10.1 Å². The van der Waals surface area contributed by atoms with Gasteiger partial charge in [-0.15, -0.1) is 0 Å².